The van der Waals surface area contributed by atoms with Crippen LogP contribution in [-0.2, 0) is 4.79 Å². The summed E-state index contributed by atoms with van der Waals surface area (Å²) in [5.74, 6) is 0.531. The minimum absolute atomic E-state index is 0.505. The van der Waals surface area contributed by atoms with E-state index in [4.69, 9.17) is 0 Å². The van der Waals surface area contributed by atoms with E-state index in [-0.39, 0.29) is 0 Å². The molecule has 16 heavy (non-hydrogen) atoms. The Morgan fingerprint density at radius 1 is 1.31 bits per heavy atom. The summed E-state index contributed by atoms with van der Waals surface area (Å²) in [6, 6.07) is 0. The summed E-state index contributed by atoms with van der Waals surface area (Å²) in [6.45, 7) is 10.2. The van der Waals surface area contributed by atoms with Crippen LogP contribution in [0.2, 0.25) is 0 Å². The summed E-state index contributed by atoms with van der Waals surface area (Å²) < 4.78 is 0. The molecule has 1 N–H and O–H groups in total. The van der Waals surface area contributed by atoms with Crippen molar-refractivity contribution in [2.24, 2.45) is 11.8 Å². The van der Waals surface area contributed by atoms with E-state index in [2.05, 4.69) is 32.6 Å². The van der Waals surface area contributed by atoms with Crippen LogP contribution in [0.1, 0.15) is 47.0 Å². The number of hydrogen-bond donors (Lipinski definition) is 1. The summed E-state index contributed by atoms with van der Waals surface area (Å²) in [5, 5.41) is 9.58. The van der Waals surface area contributed by atoms with Crippen molar-refractivity contribution < 1.29 is 9.90 Å². The molecule has 1 saturated carbocycles. The quantitative estimate of drug-likeness (QED) is 0.802. The fourth-order valence-electron chi connectivity index (χ4n) is 3.03. The third kappa shape index (κ3) is 2.24. The van der Waals surface area contributed by atoms with Crippen LogP contribution >= 0.6 is 0 Å². The van der Waals surface area contributed by atoms with Gasteiger partial charge in [-0.05, 0) is 44.2 Å². The van der Waals surface area contributed by atoms with Gasteiger partial charge in [-0.1, -0.05) is 27.7 Å². The normalized spacial score (nSPS) is 35.3. The van der Waals surface area contributed by atoms with Gasteiger partial charge in [0.2, 0.25) is 0 Å². The Labute approximate surface area is 98.8 Å². The summed E-state index contributed by atoms with van der Waals surface area (Å²) >= 11 is 0. The molecule has 94 valence electrons. The van der Waals surface area contributed by atoms with Crippen LogP contribution in [0, 0.1) is 11.8 Å². The number of rotatable bonds is 4. The number of hydrogen-bond acceptors (Lipinski definition) is 2. The van der Waals surface area contributed by atoms with E-state index >= 15 is 0 Å². The Morgan fingerprint density at radius 3 is 2.25 bits per heavy atom. The van der Waals surface area contributed by atoms with Crippen molar-refractivity contribution in [1.82, 2.24) is 4.90 Å². The lowest BCUT2D eigenvalue weighted by Gasteiger charge is -2.46. The van der Waals surface area contributed by atoms with E-state index in [9.17, 15) is 9.90 Å². The van der Waals surface area contributed by atoms with Crippen molar-refractivity contribution in [3.05, 3.63) is 0 Å². The topological polar surface area (TPSA) is 40.5 Å². The van der Waals surface area contributed by atoms with E-state index in [0.717, 1.165) is 32.4 Å². The van der Waals surface area contributed by atoms with Crippen molar-refractivity contribution in [2.75, 3.05) is 13.1 Å². The zero-order valence-electron chi connectivity index (χ0n) is 11.0. The van der Waals surface area contributed by atoms with Crippen molar-refractivity contribution in [3.8, 4) is 0 Å². The van der Waals surface area contributed by atoms with Crippen LogP contribution in [0.5, 0.6) is 0 Å². The van der Waals surface area contributed by atoms with Gasteiger partial charge in [0.05, 0.1) is 0 Å². The fraction of sp³-hybridized carbons (Fsp3) is 0.923. The van der Waals surface area contributed by atoms with Crippen molar-refractivity contribution in [1.29, 1.82) is 0 Å². The summed E-state index contributed by atoms with van der Waals surface area (Å²) in [4.78, 5) is 13.8. The first-order chi connectivity index (χ1) is 7.47. The lowest BCUT2D eigenvalue weighted by atomic mass is 9.70. The first-order valence-corrected chi connectivity index (χ1v) is 6.46. The smallest absolute Gasteiger partial charge is 0.324 e. The maximum atomic E-state index is 11.6. The highest BCUT2D eigenvalue weighted by atomic mass is 16.4. The van der Waals surface area contributed by atoms with Gasteiger partial charge in [-0.3, -0.25) is 9.69 Å². The molecular formula is C13H25NO2. The molecule has 0 spiro atoms. The lowest BCUT2D eigenvalue weighted by Crippen LogP contribution is -2.57. The van der Waals surface area contributed by atoms with Gasteiger partial charge in [0.1, 0.15) is 5.54 Å². The molecule has 0 bridgehead atoms. The SMILES string of the molecule is CCN(CC)C1(C(=O)O)CCC(C)C(C)C1. The number of aliphatic carboxylic acids is 1. The van der Waals surface area contributed by atoms with E-state index in [0.29, 0.717) is 11.8 Å². The predicted octanol–water partition coefficient (Wildman–Crippen LogP) is 2.61. The van der Waals surface area contributed by atoms with E-state index in [1.165, 1.54) is 0 Å². The molecule has 0 radical (unpaired) electrons. The van der Waals surface area contributed by atoms with Crippen LogP contribution in [0.15, 0.2) is 0 Å². The molecule has 0 aliphatic heterocycles. The first kappa shape index (κ1) is 13.5. The van der Waals surface area contributed by atoms with E-state index < -0.39 is 11.5 Å². The number of carbonyl (C=O) groups is 1. The summed E-state index contributed by atoms with van der Waals surface area (Å²) in [7, 11) is 0. The van der Waals surface area contributed by atoms with Gasteiger partial charge in [-0.15, -0.1) is 0 Å². The van der Waals surface area contributed by atoms with Gasteiger partial charge in [-0.25, -0.2) is 0 Å². The molecule has 0 saturated heterocycles. The first-order valence-electron chi connectivity index (χ1n) is 6.46. The molecule has 0 aromatic carbocycles. The maximum Gasteiger partial charge on any atom is 0.324 e. The highest BCUT2D eigenvalue weighted by Crippen LogP contribution is 2.40. The monoisotopic (exact) mass is 227 g/mol. The Morgan fingerprint density at radius 2 is 1.88 bits per heavy atom. The molecule has 1 aliphatic rings. The third-order valence-electron chi connectivity index (χ3n) is 4.41. The van der Waals surface area contributed by atoms with Gasteiger partial charge < -0.3 is 5.11 Å². The standard InChI is InChI=1S/C13H25NO2/c1-5-14(6-2)13(12(15)16)8-7-10(3)11(4)9-13/h10-11H,5-9H2,1-4H3,(H,15,16). The van der Waals surface area contributed by atoms with Crippen molar-refractivity contribution in [3.63, 3.8) is 0 Å². The average Bonchev–Trinajstić information content (AvgIpc) is 2.24. The van der Waals surface area contributed by atoms with Crippen LogP contribution < -0.4 is 0 Å². The Kier molecular flexibility index (Phi) is 4.36. The molecule has 1 rings (SSSR count). The molecule has 1 fully saturated rings. The summed E-state index contributed by atoms with van der Waals surface area (Å²) in [6.07, 6.45) is 2.63. The molecule has 3 heteroatoms. The highest BCUT2D eigenvalue weighted by molar-refractivity contribution is 5.79. The molecule has 0 aromatic rings. The number of carboxylic acids is 1. The minimum atomic E-state index is -0.630. The zero-order chi connectivity index (χ0) is 12.3. The number of likely N-dealkylation sites (N-methyl/N-ethyl adjacent to an activating group) is 1. The highest BCUT2D eigenvalue weighted by Gasteiger charge is 2.47. The molecule has 3 atom stereocenters. The third-order valence-corrected chi connectivity index (χ3v) is 4.41. The minimum Gasteiger partial charge on any atom is -0.480 e. The lowest BCUT2D eigenvalue weighted by molar-refractivity contribution is -0.156. The molecule has 1 aliphatic carbocycles. The predicted molar refractivity (Wildman–Crippen MR) is 65.5 cm³/mol. The number of carboxylic acid groups (broad SMARTS) is 1. The van der Waals surface area contributed by atoms with Gasteiger partial charge in [-0.2, -0.15) is 0 Å². The van der Waals surface area contributed by atoms with Crippen LogP contribution in [0.4, 0.5) is 0 Å². The maximum absolute atomic E-state index is 11.6. The Balaban J connectivity index is 2.93. The fourth-order valence-corrected chi connectivity index (χ4v) is 3.03. The molecule has 3 unspecified atom stereocenters. The largest absolute Gasteiger partial charge is 0.480 e. The van der Waals surface area contributed by atoms with Crippen LogP contribution in [0.25, 0.3) is 0 Å². The second-order valence-corrected chi connectivity index (χ2v) is 5.21. The van der Waals surface area contributed by atoms with Crippen molar-refractivity contribution >= 4 is 5.97 Å². The molecular weight excluding hydrogens is 202 g/mol. The Hall–Kier alpha value is -0.570. The average molecular weight is 227 g/mol. The Bertz CT molecular complexity index is 250. The zero-order valence-corrected chi connectivity index (χ0v) is 11.0. The van der Waals surface area contributed by atoms with Gasteiger partial charge >= 0.3 is 5.97 Å². The summed E-state index contributed by atoms with van der Waals surface area (Å²) in [5.41, 5.74) is -0.602. The van der Waals surface area contributed by atoms with Crippen LogP contribution in [-0.4, -0.2) is 34.6 Å². The van der Waals surface area contributed by atoms with Gasteiger partial charge in [0.15, 0.2) is 0 Å². The van der Waals surface area contributed by atoms with E-state index in [1.807, 2.05) is 0 Å². The molecule has 0 heterocycles. The molecule has 0 aromatic heterocycles. The van der Waals surface area contributed by atoms with Gasteiger partial charge in [0, 0.05) is 0 Å². The van der Waals surface area contributed by atoms with Crippen LogP contribution in [0.3, 0.4) is 0 Å². The molecule has 3 nitrogen and oxygen atoms in total. The van der Waals surface area contributed by atoms with Crippen molar-refractivity contribution in [2.45, 2.75) is 52.5 Å². The molecule has 0 amide bonds. The van der Waals surface area contributed by atoms with E-state index in [1.54, 1.807) is 0 Å². The van der Waals surface area contributed by atoms with Gasteiger partial charge in [0.25, 0.3) is 0 Å². The second kappa shape index (κ2) is 5.17. The second-order valence-electron chi connectivity index (χ2n) is 5.21. The number of nitrogens with zero attached hydrogens (tertiary/aromatic N) is 1.